The van der Waals surface area contributed by atoms with Crippen molar-refractivity contribution in [1.29, 1.82) is 0 Å². The summed E-state index contributed by atoms with van der Waals surface area (Å²) in [6, 6.07) is 0.567. The molecule has 0 saturated heterocycles. The van der Waals surface area contributed by atoms with Crippen molar-refractivity contribution in [2.45, 2.75) is 32.9 Å². The van der Waals surface area contributed by atoms with Crippen LogP contribution in [0.2, 0.25) is 0 Å². The Labute approximate surface area is 103 Å². The fourth-order valence-electron chi connectivity index (χ4n) is 1.81. The molecular formula is C12H23N3S. The summed E-state index contributed by atoms with van der Waals surface area (Å²) in [7, 11) is 4.25. The maximum absolute atomic E-state index is 4.09. The molecule has 1 unspecified atom stereocenters. The fraction of sp³-hybridized carbons (Fsp3) is 0.750. The molecule has 92 valence electrons. The standard InChI is InChI=1S/C12H23N3S/c1-10(2)5-11(8-15(3)4)14-7-12-6-13-9-16-12/h6,9-11,14H,5,7-8H2,1-4H3. The largest absolute Gasteiger partial charge is 0.308 e. The van der Waals surface area contributed by atoms with Crippen molar-refractivity contribution in [2.75, 3.05) is 20.6 Å². The van der Waals surface area contributed by atoms with Gasteiger partial charge in [-0.25, -0.2) is 0 Å². The SMILES string of the molecule is CC(C)CC(CN(C)C)NCc1cncs1. The lowest BCUT2D eigenvalue weighted by atomic mass is 10.0. The average molecular weight is 241 g/mol. The number of nitrogens with zero attached hydrogens (tertiary/aromatic N) is 2. The molecule has 3 nitrogen and oxygen atoms in total. The number of likely N-dealkylation sites (N-methyl/N-ethyl adjacent to an activating group) is 1. The van der Waals surface area contributed by atoms with Crippen LogP contribution in [0.3, 0.4) is 0 Å². The minimum absolute atomic E-state index is 0.567. The van der Waals surface area contributed by atoms with Gasteiger partial charge in [0.2, 0.25) is 0 Å². The van der Waals surface area contributed by atoms with Gasteiger partial charge in [0.15, 0.2) is 0 Å². The minimum Gasteiger partial charge on any atom is -0.308 e. The summed E-state index contributed by atoms with van der Waals surface area (Å²) in [6.45, 7) is 6.58. The molecule has 0 aromatic carbocycles. The zero-order chi connectivity index (χ0) is 12.0. The second kappa shape index (κ2) is 6.99. The minimum atomic E-state index is 0.567. The van der Waals surface area contributed by atoms with Gasteiger partial charge in [0.1, 0.15) is 0 Å². The Morgan fingerprint density at radius 1 is 1.44 bits per heavy atom. The van der Waals surface area contributed by atoms with Crippen molar-refractivity contribution in [3.63, 3.8) is 0 Å². The molecule has 1 N–H and O–H groups in total. The maximum Gasteiger partial charge on any atom is 0.0794 e. The third-order valence-corrected chi connectivity index (χ3v) is 3.17. The molecule has 0 bridgehead atoms. The van der Waals surface area contributed by atoms with E-state index in [9.17, 15) is 0 Å². The highest BCUT2D eigenvalue weighted by Crippen LogP contribution is 2.09. The van der Waals surface area contributed by atoms with Crippen molar-refractivity contribution >= 4 is 11.3 Å². The Morgan fingerprint density at radius 3 is 2.69 bits per heavy atom. The van der Waals surface area contributed by atoms with Crippen LogP contribution in [0.4, 0.5) is 0 Å². The zero-order valence-electron chi connectivity index (χ0n) is 10.7. The number of nitrogens with one attached hydrogen (secondary N) is 1. The first kappa shape index (κ1) is 13.6. The molecule has 0 saturated carbocycles. The molecule has 1 heterocycles. The molecule has 1 rings (SSSR count). The van der Waals surface area contributed by atoms with Crippen molar-refractivity contribution in [3.05, 3.63) is 16.6 Å². The van der Waals surface area contributed by atoms with Crippen LogP contribution in [-0.4, -0.2) is 36.6 Å². The van der Waals surface area contributed by atoms with Crippen LogP contribution < -0.4 is 5.32 Å². The number of rotatable bonds is 7. The number of aromatic nitrogens is 1. The van der Waals surface area contributed by atoms with Gasteiger partial charge in [-0.2, -0.15) is 0 Å². The van der Waals surface area contributed by atoms with Gasteiger partial charge in [-0.3, -0.25) is 4.98 Å². The first-order chi connectivity index (χ1) is 7.58. The van der Waals surface area contributed by atoms with Gasteiger partial charge >= 0.3 is 0 Å². The van der Waals surface area contributed by atoms with Crippen LogP contribution in [0.25, 0.3) is 0 Å². The lowest BCUT2D eigenvalue weighted by molar-refractivity contribution is 0.305. The van der Waals surface area contributed by atoms with Gasteiger partial charge < -0.3 is 10.2 Å². The number of hydrogen-bond acceptors (Lipinski definition) is 4. The topological polar surface area (TPSA) is 28.2 Å². The summed E-state index contributed by atoms with van der Waals surface area (Å²) < 4.78 is 0. The van der Waals surface area contributed by atoms with E-state index in [2.05, 4.69) is 43.1 Å². The van der Waals surface area contributed by atoms with Gasteiger partial charge in [0.05, 0.1) is 5.51 Å². The highest BCUT2D eigenvalue weighted by Gasteiger charge is 2.11. The molecule has 16 heavy (non-hydrogen) atoms. The molecule has 0 amide bonds. The van der Waals surface area contributed by atoms with Gasteiger partial charge in [-0.15, -0.1) is 11.3 Å². The maximum atomic E-state index is 4.09. The van der Waals surface area contributed by atoms with Crippen molar-refractivity contribution in [3.8, 4) is 0 Å². The molecule has 1 aromatic heterocycles. The van der Waals surface area contributed by atoms with Crippen molar-refractivity contribution in [2.24, 2.45) is 5.92 Å². The van der Waals surface area contributed by atoms with Gasteiger partial charge in [-0.05, 0) is 26.4 Å². The van der Waals surface area contributed by atoms with Crippen molar-refractivity contribution < 1.29 is 0 Å². The molecule has 0 fully saturated rings. The van der Waals surface area contributed by atoms with E-state index in [-0.39, 0.29) is 0 Å². The molecule has 0 spiro atoms. The Bertz CT molecular complexity index is 260. The molecule has 0 radical (unpaired) electrons. The second-order valence-electron chi connectivity index (χ2n) is 4.94. The highest BCUT2D eigenvalue weighted by molar-refractivity contribution is 7.09. The molecule has 1 aromatic rings. The Hall–Kier alpha value is -0.450. The lowest BCUT2D eigenvalue weighted by Crippen LogP contribution is -2.38. The lowest BCUT2D eigenvalue weighted by Gasteiger charge is -2.23. The van der Waals surface area contributed by atoms with E-state index in [0.717, 1.165) is 19.0 Å². The predicted octanol–water partition coefficient (Wildman–Crippen LogP) is 2.21. The smallest absolute Gasteiger partial charge is 0.0794 e. The summed E-state index contributed by atoms with van der Waals surface area (Å²) in [4.78, 5) is 7.65. The number of hydrogen-bond donors (Lipinski definition) is 1. The van der Waals surface area contributed by atoms with E-state index in [4.69, 9.17) is 0 Å². The normalized spacial score (nSPS) is 13.6. The Kier molecular flexibility index (Phi) is 5.95. The fourth-order valence-corrected chi connectivity index (χ4v) is 2.35. The first-order valence-electron chi connectivity index (χ1n) is 5.83. The van der Waals surface area contributed by atoms with E-state index in [1.165, 1.54) is 11.3 Å². The Morgan fingerprint density at radius 2 is 2.19 bits per heavy atom. The zero-order valence-corrected chi connectivity index (χ0v) is 11.5. The summed E-state index contributed by atoms with van der Waals surface area (Å²) in [5.41, 5.74) is 1.89. The van der Waals surface area contributed by atoms with E-state index >= 15 is 0 Å². The summed E-state index contributed by atoms with van der Waals surface area (Å²) in [5, 5.41) is 3.61. The molecular weight excluding hydrogens is 218 g/mol. The molecule has 4 heteroatoms. The quantitative estimate of drug-likeness (QED) is 0.793. The summed E-state index contributed by atoms with van der Waals surface area (Å²) in [6.07, 6.45) is 3.16. The summed E-state index contributed by atoms with van der Waals surface area (Å²) in [5.74, 6) is 0.735. The molecule has 0 aliphatic carbocycles. The molecule has 1 atom stereocenters. The first-order valence-corrected chi connectivity index (χ1v) is 6.71. The van der Waals surface area contributed by atoms with Crippen LogP contribution in [0, 0.1) is 5.92 Å². The van der Waals surface area contributed by atoms with E-state index in [1.807, 2.05) is 11.7 Å². The second-order valence-corrected chi connectivity index (χ2v) is 5.91. The van der Waals surface area contributed by atoms with Crippen LogP contribution >= 0.6 is 11.3 Å². The summed E-state index contributed by atoms with van der Waals surface area (Å²) >= 11 is 1.72. The van der Waals surface area contributed by atoms with Gasteiger partial charge in [0, 0.05) is 30.2 Å². The molecule has 0 aliphatic heterocycles. The third kappa shape index (κ3) is 5.58. The third-order valence-electron chi connectivity index (χ3n) is 2.39. The van der Waals surface area contributed by atoms with Crippen LogP contribution in [0.5, 0.6) is 0 Å². The van der Waals surface area contributed by atoms with Crippen LogP contribution in [-0.2, 0) is 6.54 Å². The van der Waals surface area contributed by atoms with E-state index in [0.29, 0.717) is 6.04 Å². The monoisotopic (exact) mass is 241 g/mol. The van der Waals surface area contributed by atoms with E-state index in [1.54, 1.807) is 11.3 Å². The average Bonchev–Trinajstić information content (AvgIpc) is 2.64. The van der Waals surface area contributed by atoms with E-state index < -0.39 is 0 Å². The van der Waals surface area contributed by atoms with Gasteiger partial charge in [0.25, 0.3) is 0 Å². The number of thiazole rings is 1. The van der Waals surface area contributed by atoms with Gasteiger partial charge in [-0.1, -0.05) is 13.8 Å². The van der Waals surface area contributed by atoms with Crippen molar-refractivity contribution in [1.82, 2.24) is 15.2 Å². The highest BCUT2D eigenvalue weighted by atomic mass is 32.1. The van der Waals surface area contributed by atoms with Crippen LogP contribution in [0.15, 0.2) is 11.7 Å². The molecule has 0 aliphatic rings. The van der Waals surface area contributed by atoms with Crippen LogP contribution in [0.1, 0.15) is 25.1 Å². The predicted molar refractivity (Wildman–Crippen MR) is 70.8 cm³/mol. The Balaban J connectivity index is 2.37.